The van der Waals surface area contributed by atoms with Crippen molar-refractivity contribution in [3.05, 3.63) is 60.0 Å². The molecular weight excluding hydrogens is 302 g/mol. The van der Waals surface area contributed by atoms with Gasteiger partial charge in [-0.05, 0) is 12.1 Å². The van der Waals surface area contributed by atoms with Crippen LogP contribution in [0, 0.1) is 0 Å². The van der Waals surface area contributed by atoms with Gasteiger partial charge in [-0.15, -0.1) is 11.3 Å². The van der Waals surface area contributed by atoms with Crippen LogP contribution in [0.3, 0.4) is 0 Å². The first-order valence-electron chi connectivity index (χ1n) is 8.02. The van der Waals surface area contributed by atoms with Crippen LogP contribution in [0.4, 0.5) is 0 Å². The molecule has 0 atom stereocenters. The molecule has 2 aromatic carbocycles. The Balaban J connectivity index is 0.000000615. The van der Waals surface area contributed by atoms with Crippen molar-refractivity contribution in [1.29, 1.82) is 0 Å². The molecule has 0 aliphatic rings. The van der Waals surface area contributed by atoms with Crippen molar-refractivity contribution >= 4 is 11.3 Å². The highest BCUT2D eigenvalue weighted by atomic mass is 32.1. The van der Waals surface area contributed by atoms with Crippen molar-refractivity contribution in [2.75, 3.05) is 7.11 Å². The van der Waals surface area contributed by atoms with Crippen LogP contribution >= 0.6 is 11.3 Å². The monoisotopic (exact) mass is 327 g/mol. The van der Waals surface area contributed by atoms with Crippen LogP contribution < -0.4 is 4.74 Å². The van der Waals surface area contributed by atoms with E-state index in [2.05, 4.69) is 22.5 Å². The van der Waals surface area contributed by atoms with Crippen LogP contribution in [0.15, 0.2) is 60.0 Å². The SMILES string of the molecule is CC.CC.COc1cccc(-c2csc(-c3ccccc3)n2)c1. The van der Waals surface area contributed by atoms with Gasteiger partial charge in [-0.3, -0.25) is 0 Å². The maximum atomic E-state index is 5.24. The highest BCUT2D eigenvalue weighted by Crippen LogP contribution is 2.30. The molecule has 0 aliphatic heterocycles. The Hall–Kier alpha value is -2.13. The fourth-order valence-corrected chi connectivity index (χ4v) is 2.74. The summed E-state index contributed by atoms with van der Waals surface area (Å²) in [6.07, 6.45) is 0. The van der Waals surface area contributed by atoms with E-state index in [4.69, 9.17) is 4.74 Å². The van der Waals surface area contributed by atoms with Crippen LogP contribution in [-0.4, -0.2) is 12.1 Å². The lowest BCUT2D eigenvalue weighted by Gasteiger charge is -2.01. The minimum atomic E-state index is 0.853. The molecule has 3 heteroatoms. The summed E-state index contributed by atoms with van der Waals surface area (Å²) in [5.74, 6) is 0.853. The standard InChI is InChI=1S/C16H13NOS.2C2H6/c1-18-14-9-5-8-13(10-14)15-11-19-16(17-15)12-6-3-2-4-7-12;2*1-2/h2-11H,1H3;2*1-2H3. The van der Waals surface area contributed by atoms with Crippen molar-refractivity contribution in [2.24, 2.45) is 0 Å². The van der Waals surface area contributed by atoms with E-state index in [-0.39, 0.29) is 0 Å². The third kappa shape index (κ3) is 5.22. The molecule has 0 aliphatic carbocycles. The van der Waals surface area contributed by atoms with Crippen molar-refractivity contribution in [1.82, 2.24) is 4.98 Å². The fourth-order valence-electron chi connectivity index (χ4n) is 1.90. The molecule has 0 radical (unpaired) electrons. The second-order valence-electron chi connectivity index (χ2n) is 4.14. The Bertz CT molecular complexity index is 677. The predicted molar refractivity (Wildman–Crippen MR) is 102 cm³/mol. The molecule has 0 N–H and O–H groups in total. The molecule has 1 aromatic heterocycles. The topological polar surface area (TPSA) is 22.1 Å². The summed E-state index contributed by atoms with van der Waals surface area (Å²) in [4.78, 5) is 4.69. The molecule has 0 spiro atoms. The molecule has 0 unspecified atom stereocenters. The molecule has 122 valence electrons. The lowest BCUT2D eigenvalue weighted by Crippen LogP contribution is -1.84. The van der Waals surface area contributed by atoms with Gasteiger partial charge < -0.3 is 4.74 Å². The summed E-state index contributed by atoms with van der Waals surface area (Å²) in [6, 6.07) is 18.2. The second kappa shape index (κ2) is 10.6. The number of aromatic nitrogens is 1. The van der Waals surface area contributed by atoms with E-state index in [9.17, 15) is 0 Å². The van der Waals surface area contributed by atoms with Crippen LogP contribution in [0.2, 0.25) is 0 Å². The Morgan fingerprint density at radius 2 is 1.48 bits per heavy atom. The minimum Gasteiger partial charge on any atom is -0.497 e. The highest BCUT2D eigenvalue weighted by Gasteiger charge is 2.06. The van der Waals surface area contributed by atoms with E-state index in [0.29, 0.717) is 0 Å². The van der Waals surface area contributed by atoms with E-state index in [1.807, 2.05) is 70.2 Å². The van der Waals surface area contributed by atoms with Gasteiger partial charge in [0.2, 0.25) is 0 Å². The largest absolute Gasteiger partial charge is 0.497 e. The Kier molecular flexibility index (Phi) is 8.70. The Labute approximate surface area is 143 Å². The van der Waals surface area contributed by atoms with Gasteiger partial charge in [0.1, 0.15) is 10.8 Å². The molecule has 23 heavy (non-hydrogen) atoms. The first-order valence-corrected chi connectivity index (χ1v) is 8.90. The third-order valence-corrected chi connectivity index (χ3v) is 3.78. The summed E-state index contributed by atoms with van der Waals surface area (Å²) in [7, 11) is 1.68. The molecular formula is C20H25NOS. The van der Waals surface area contributed by atoms with E-state index in [1.54, 1.807) is 18.4 Å². The average molecular weight is 327 g/mol. The zero-order valence-electron chi connectivity index (χ0n) is 14.5. The molecule has 3 rings (SSSR count). The van der Waals surface area contributed by atoms with Crippen LogP contribution in [0.5, 0.6) is 5.75 Å². The lowest BCUT2D eigenvalue weighted by atomic mass is 10.1. The summed E-state index contributed by atoms with van der Waals surface area (Å²) >= 11 is 1.66. The number of methoxy groups -OCH3 is 1. The summed E-state index contributed by atoms with van der Waals surface area (Å²) < 4.78 is 5.24. The first-order chi connectivity index (χ1) is 11.4. The Morgan fingerprint density at radius 3 is 2.13 bits per heavy atom. The van der Waals surface area contributed by atoms with Crippen molar-refractivity contribution in [3.63, 3.8) is 0 Å². The van der Waals surface area contributed by atoms with E-state index in [1.165, 1.54) is 0 Å². The molecule has 3 aromatic rings. The van der Waals surface area contributed by atoms with E-state index in [0.717, 1.165) is 27.6 Å². The number of ether oxygens (including phenoxy) is 1. The molecule has 0 saturated carbocycles. The van der Waals surface area contributed by atoms with Gasteiger partial charge in [-0.2, -0.15) is 0 Å². The number of rotatable bonds is 3. The predicted octanol–water partition coefficient (Wildman–Crippen LogP) is 6.54. The van der Waals surface area contributed by atoms with Gasteiger partial charge in [0.05, 0.1) is 12.8 Å². The van der Waals surface area contributed by atoms with Gasteiger partial charge in [0.25, 0.3) is 0 Å². The maximum absolute atomic E-state index is 5.24. The van der Waals surface area contributed by atoms with Gasteiger partial charge in [-0.1, -0.05) is 70.2 Å². The number of nitrogens with zero attached hydrogens (tertiary/aromatic N) is 1. The molecule has 1 heterocycles. The Morgan fingerprint density at radius 1 is 0.826 bits per heavy atom. The third-order valence-electron chi connectivity index (χ3n) is 2.89. The molecule has 0 amide bonds. The molecule has 0 saturated heterocycles. The van der Waals surface area contributed by atoms with Crippen molar-refractivity contribution < 1.29 is 4.74 Å². The van der Waals surface area contributed by atoms with Crippen molar-refractivity contribution in [2.45, 2.75) is 27.7 Å². The quantitative estimate of drug-likeness (QED) is 0.545. The molecule has 2 nitrogen and oxygen atoms in total. The van der Waals surface area contributed by atoms with Gasteiger partial charge >= 0.3 is 0 Å². The zero-order chi connectivity index (χ0) is 17.1. The average Bonchev–Trinajstić information content (AvgIpc) is 3.16. The van der Waals surface area contributed by atoms with Gasteiger partial charge in [-0.25, -0.2) is 4.98 Å². The smallest absolute Gasteiger partial charge is 0.124 e. The van der Waals surface area contributed by atoms with Crippen molar-refractivity contribution in [3.8, 4) is 27.6 Å². The van der Waals surface area contributed by atoms with Gasteiger partial charge in [0.15, 0.2) is 0 Å². The highest BCUT2D eigenvalue weighted by molar-refractivity contribution is 7.13. The number of benzene rings is 2. The number of hydrogen-bond donors (Lipinski definition) is 0. The van der Waals surface area contributed by atoms with Gasteiger partial charge in [0, 0.05) is 16.5 Å². The molecule has 0 fully saturated rings. The summed E-state index contributed by atoms with van der Waals surface area (Å²) in [6.45, 7) is 8.00. The lowest BCUT2D eigenvalue weighted by molar-refractivity contribution is 0.415. The zero-order valence-corrected chi connectivity index (χ0v) is 15.4. The number of thiazole rings is 1. The molecule has 0 bridgehead atoms. The number of hydrogen-bond acceptors (Lipinski definition) is 3. The minimum absolute atomic E-state index is 0.853. The van der Waals surface area contributed by atoms with E-state index < -0.39 is 0 Å². The summed E-state index contributed by atoms with van der Waals surface area (Å²) in [5.41, 5.74) is 3.22. The van der Waals surface area contributed by atoms with Crippen LogP contribution in [0.25, 0.3) is 21.8 Å². The normalized spacial score (nSPS) is 9.09. The van der Waals surface area contributed by atoms with Crippen LogP contribution in [0.1, 0.15) is 27.7 Å². The second-order valence-corrected chi connectivity index (χ2v) is 4.99. The van der Waals surface area contributed by atoms with Crippen LogP contribution in [-0.2, 0) is 0 Å². The first kappa shape index (κ1) is 18.9. The van der Waals surface area contributed by atoms with E-state index >= 15 is 0 Å². The maximum Gasteiger partial charge on any atom is 0.124 e. The summed E-state index contributed by atoms with van der Waals surface area (Å²) in [5, 5.41) is 3.12. The fraction of sp³-hybridized carbons (Fsp3) is 0.250.